The van der Waals surface area contributed by atoms with Crippen LogP contribution in [0.2, 0.25) is 0 Å². The molecule has 0 atom stereocenters. The van der Waals surface area contributed by atoms with Gasteiger partial charge in [0.05, 0.1) is 16.8 Å². The fourth-order valence-corrected chi connectivity index (χ4v) is 5.04. The fourth-order valence-electron chi connectivity index (χ4n) is 4.65. The highest BCUT2D eigenvalue weighted by Crippen LogP contribution is 2.37. The molecule has 2 heterocycles. The molecule has 0 bridgehead atoms. The number of hydrogen-bond donors (Lipinski definition) is 4. The Kier molecular flexibility index (Phi) is 9.56. The first-order valence-corrected chi connectivity index (χ1v) is 15.9. The van der Waals surface area contributed by atoms with Crippen molar-refractivity contribution in [1.82, 2.24) is 25.2 Å². The van der Waals surface area contributed by atoms with Crippen LogP contribution in [-0.2, 0) is 14.0 Å². The SMILES string of the molecule is CCNC(=O)c1ccc(C)c(N(C(=O)OCOC(=O)c2ccc(OP(=O)(O)O)cc2)c2ncnn3cc(C(=O)NC4CC4)c(C)c23)c1. The Morgan fingerprint density at radius 1 is 1.02 bits per heavy atom. The van der Waals surface area contributed by atoms with Crippen LogP contribution in [0.5, 0.6) is 5.75 Å². The van der Waals surface area contributed by atoms with Gasteiger partial charge < -0.3 is 24.6 Å². The first-order chi connectivity index (χ1) is 22.4. The third-order valence-electron chi connectivity index (χ3n) is 7.10. The molecule has 0 spiro atoms. The van der Waals surface area contributed by atoms with E-state index in [0.29, 0.717) is 28.8 Å². The lowest BCUT2D eigenvalue weighted by atomic mass is 10.1. The van der Waals surface area contributed by atoms with E-state index in [1.54, 1.807) is 32.9 Å². The molecule has 1 aliphatic rings. The van der Waals surface area contributed by atoms with E-state index in [4.69, 9.17) is 19.3 Å². The molecule has 0 aliphatic heterocycles. The fraction of sp³-hybridized carbons (Fsp3) is 0.267. The highest BCUT2D eigenvalue weighted by Gasteiger charge is 2.30. The summed E-state index contributed by atoms with van der Waals surface area (Å²) < 4.78 is 27.4. The maximum atomic E-state index is 13.8. The molecule has 0 unspecified atom stereocenters. The van der Waals surface area contributed by atoms with Crippen LogP contribution >= 0.6 is 7.82 Å². The molecule has 246 valence electrons. The molecule has 17 heteroatoms. The first kappa shape index (κ1) is 33.1. The standard InChI is InChI=1S/C30H31N6O10P/c1-4-31-27(37)20-6-5-17(2)24(13-20)36(26-25-18(3)23(14-35(25)33-15-32-26)28(38)34-21-9-10-21)30(40)45-16-44-29(39)19-7-11-22(12-8-19)46-47(41,42)43/h5-8,11-15,21H,4,9-10,16H2,1-3H3,(H,31,37)(H,34,38)(H2,41,42,43). The van der Waals surface area contributed by atoms with Crippen LogP contribution in [0.15, 0.2) is 55.0 Å². The number of rotatable bonds is 11. The van der Waals surface area contributed by atoms with E-state index in [2.05, 4.69) is 25.2 Å². The van der Waals surface area contributed by atoms with Crippen LogP contribution in [0.1, 0.15) is 62.0 Å². The summed E-state index contributed by atoms with van der Waals surface area (Å²) in [5, 5.41) is 9.89. The second-order valence-corrected chi connectivity index (χ2v) is 11.7. The third kappa shape index (κ3) is 7.74. The van der Waals surface area contributed by atoms with Gasteiger partial charge in [-0.05, 0) is 81.1 Å². The zero-order valence-electron chi connectivity index (χ0n) is 25.5. The number of esters is 1. The molecule has 2 aromatic heterocycles. The number of ether oxygens (including phenoxy) is 2. The summed E-state index contributed by atoms with van der Waals surface area (Å²) in [6.45, 7) is 4.73. The summed E-state index contributed by atoms with van der Waals surface area (Å²) in [5.41, 5.74) is 2.19. The number of nitrogens with one attached hydrogen (secondary N) is 2. The number of aromatic nitrogens is 3. The number of anilines is 2. The predicted octanol–water partition coefficient (Wildman–Crippen LogP) is 3.55. The minimum absolute atomic E-state index is 0.0141. The van der Waals surface area contributed by atoms with Crippen LogP contribution in [0.4, 0.5) is 16.3 Å². The van der Waals surface area contributed by atoms with Gasteiger partial charge in [0.15, 0.2) is 5.82 Å². The van der Waals surface area contributed by atoms with Crippen molar-refractivity contribution >= 4 is 48.7 Å². The Morgan fingerprint density at radius 3 is 2.38 bits per heavy atom. The summed E-state index contributed by atoms with van der Waals surface area (Å²) in [4.78, 5) is 75.5. The van der Waals surface area contributed by atoms with E-state index in [1.807, 2.05) is 0 Å². The van der Waals surface area contributed by atoms with Crippen molar-refractivity contribution in [1.29, 1.82) is 0 Å². The monoisotopic (exact) mass is 666 g/mol. The van der Waals surface area contributed by atoms with Crippen molar-refractivity contribution in [2.75, 3.05) is 18.2 Å². The minimum Gasteiger partial charge on any atom is -0.424 e. The molecule has 4 aromatic rings. The number of aryl methyl sites for hydroxylation is 2. The van der Waals surface area contributed by atoms with E-state index in [0.717, 1.165) is 29.9 Å². The van der Waals surface area contributed by atoms with Crippen molar-refractivity contribution < 1.29 is 47.5 Å². The van der Waals surface area contributed by atoms with Crippen molar-refractivity contribution in [3.63, 3.8) is 0 Å². The van der Waals surface area contributed by atoms with Crippen LogP contribution in [0.25, 0.3) is 5.52 Å². The number of fused-ring (bicyclic) bond motifs is 1. The van der Waals surface area contributed by atoms with E-state index < -0.39 is 26.7 Å². The largest absolute Gasteiger partial charge is 0.524 e. The van der Waals surface area contributed by atoms with Gasteiger partial charge in [0, 0.05) is 24.3 Å². The molecule has 16 nitrogen and oxygen atoms in total. The van der Waals surface area contributed by atoms with Gasteiger partial charge in [-0.1, -0.05) is 6.07 Å². The number of phosphoric acid groups is 1. The summed E-state index contributed by atoms with van der Waals surface area (Å²) in [7, 11) is -4.79. The molecule has 4 N–H and O–H groups in total. The highest BCUT2D eigenvalue weighted by atomic mass is 31.2. The van der Waals surface area contributed by atoms with Gasteiger partial charge in [-0.25, -0.2) is 28.6 Å². The molecule has 0 radical (unpaired) electrons. The Balaban J connectivity index is 1.45. The average Bonchev–Trinajstić information content (AvgIpc) is 3.77. The maximum absolute atomic E-state index is 13.8. The normalized spacial score (nSPS) is 12.7. The van der Waals surface area contributed by atoms with Crippen LogP contribution in [0, 0.1) is 13.8 Å². The van der Waals surface area contributed by atoms with Gasteiger partial charge in [-0.15, -0.1) is 0 Å². The predicted molar refractivity (Wildman–Crippen MR) is 165 cm³/mol. The molecular formula is C30H31N6O10P. The minimum atomic E-state index is -4.79. The Morgan fingerprint density at radius 2 is 1.72 bits per heavy atom. The summed E-state index contributed by atoms with van der Waals surface area (Å²) in [5.74, 6) is -1.71. The van der Waals surface area contributed by atoms with Gasteiger partial charge in [0.2, 0.25) is 6.79 Å². The lowest BCUT2D eigenvalue weighted by molar-refractivity contribution is -0.0000789. The number of nitrogens with zero attached hydrogens (tertiary/aromatic N) is 4. The summed E-state index contributed by atoms with van der Waals surface area (Å²) >= 11 is 0. The Hall–Kier alpha value is -5.31. The molecule has 5 rings (SSSR count). The zero-order chi connectivity index (χ0) is 33.9. The summed E-state index contributed by atoms with van der Waals surface area (Å²) in [6, 6.07) is 9.59. The van der Waals surface area contributed by atoms with Crippen LogP contribution in [-0.4, -0.2) is 67.6 Å². The molecule has 1 fully saturated rings. The van der Waals surface area contributed by atoms with Crippen LogP contribution < -0.4 is 20.1 Å². The molecule has 1 aliphatic carbocycles. The second kappa shape index (κ2) is 13.6. The molecule has 2 aromatic carbocycles. The zero-order valence-corrected chi connectivity index (χ0v) is 26.4. The molecule has 0 saturated heterocycles. The van der Waals surface area contributed by atoms with Crippen LogP contribution in [0.3, 0.4) is 0 Å². The topological polar surface area (TPSA) is 211 Å². The maximum Gasteiger partial charge on any atom is 0.524 e. The summed E-state index contributed by atoms with van der Waals surface area (Å²) in [6.07, 6.45) is 3.50. The van der Waals surface area contributed by atoms with Gasteiger partial charge in [-0.3, -0.25) is 19.4 Å². The first-order valence-electron chi connectivity index (χ1n) is 14.4. The second-order valence-electron chi connectivity index (χ2n) is 10.6. The quantitative estimate of drug-likeness (QED) is 0.103. The van der Waals surface area contributed by atoms with Crippen molar-refractivity contribution in [3.05, 3.63) is 82.8 Å². The number of hydrogen-bond acceptors (Lipinski definition) is 10. The number of amides is 3. The smallest absolute Gasteiger partial charge is 0.424 e. The van der Waals surface area contributed by atoms with E-state index in [-0.39, 0.29) is 46.2 Å². The van der Waals surface area contributed by atoms with Gasteiger partial charge in [0.25, 0.3) is 11.8 Å². The Labute approximate surface area is 267 Å². The Bertz CT molecular complexity index is 1900. The van der Waals surface area contributed by atoms with Crippen molar-refractivity contribution in [2.45, 2.75) is 39.7 Å². The van der Waals surface area contributed by atoms with E-state index >= 15 is 0 Å². The average molecular weight is 667 g/mol. The number of carbonyl (C=O) groups excluding carboxylic acids is 4. The molecular weight excluding hydrogens is 635 g/mol. The van der Waals surface area contributed by atoms with E-state index in [1.165, 1.54) is 35.2 Å². The lowest BCUT2D eigenvalue weighted by Crippen LogP contribution is -2.31. The third-order valence-corrected chi connectivity index (χ3v) is 7.54. The van der Waals surface area contributed by atoms with E-state index in [9.17, 15) is 23.7 Å². The molecule has 1 saturated carbocycles. The van der Waals surface area contributed by atoms with Gasteiger partial charge >= 0.3 is 19.9 Å². The molecule has 3 amide bonds. The van der Waals surface area contributed by atoms with Crippen molar-refractivity contribution in [3.8, 4) is 5.75 Å². The van der Waals surface area contributed by atoms with Gasteiger partial charge in [0.1, 0.15) is 17.6 Å². The molecule has 47 heavy (non-hydrogen) atoms. The van der Waals surface area contributed by atoms with Crippen molar-refractivity contribution in [2.24, 2.45) is 0 Å². The number of carbonyl (C=O) groups is 4. The van der Waals surface area contributed by atoms with Gasteiger partial charge in [-0.2, -0.15) is 5.10 Å². The lowest BCUT2D eigenvalue weighted by Gasteiger charge is -2.24. The number of phosphoric ester groups is 1. The number of benzene rings is 2. The highest BCUT2D eigenvalue weighted by molar-refractivity contribution is 7.46.